The number of unbranched alkanes of at least 4 members (excludes halogenated alkanes) is 3. The molecule has 1 atom stereocenters. The second kappa shape index (κ2) is 7.46. The lowest BCUT2D eigenvalue weighted by molar-refractivity contribution is 0.479. The lowest BCUT2D eigenvalue weighted by atomic mass is 10.1. The molecule has 3 nitrogen and oxygen atoms in total. The van der Waals surface area contributed by atoms with Crippen molar-refractivity contribution in [2.24, 2.45) is 0 Å². The fraction of sp³-hybridized carbons (Fsp3) is 0.750. The lowest BCUT2D eigenvalue weighted by Crippen LogP contribution is -2.25. The van der Waals surface area contributed by atoms with E-state index in [1.54, 1.807) is 6.20 Å². The second-order valence-electron chi connectivity index (χ2n) is 4.21. The van der Waals surface area contributed by atoms with Crippen molar-refractivity contribution in [1.82, 2.24) is 15.5 Å². The van der Waals surface area contributed by atoms with Gasteiger partial charge in [-0.05, 0) is 19.4 Å². The van der Waals surface area contributed by atoms with Gasteiger partial charge in [-0.15, -0.1) is 0 Å². The van der Waals surface area contributed by atoms with Crippen LogP contribution >= 0.6 is 0 Å². The van der Waals surface area contributed by atoms with Gasteiger partial charge in [-0.2, -0.15) is 5.10 Å². The Morgan fingerprint density at radius 3 is 2.93 bits per heavy atom. The first-order valence-electron chi connectivity index (χ1n) is 6.04. The van der Waals surface area contributed by atoms with Gasteiger partial charge in [0.25, 0.3) is 0 Å². The average Bonchev–Trinajstić information content (AvgIpc) is 2.74. The molecule has 1 rings (SSSR count). The maximum atomic E-state index is 3.92. The molecule has 0 radical (unpaired) electrons. The highest BCUT2D eigenvalue weighted by molar-refractivity contribution is 4.96. The molecular formula is C12H23N3. The predicted molar refractivity (Wildman–Crippen MR) is 63.6 cm³/mol. The number of H-pyrrole nitrogens is 1. The Kier molecular flexibility index (Phi) is 6.09. The number of hydrogen-bond acceptors (Lipinski definition) is 2. The van der Waals surface area contributed by atoms with Crippen LogP contribution in [-0.2, 0) is 6.54 Å². The summed E-state index contributed by atoms with van der Waals surface area (Å²) in [5, 5.41) is 10.4. The third-order valence-corrected chi connectivity index (χ3v) is 2.69. The molecule has 1 unspecified atom stereocenters. The summed E-state index contributed by atoms with van der Waals surface area (Å²) in [6.07, 6.45) is 8.46. The number of hydrogen-bond donors (Lipinski definition) is 2. The van der Waals surface area contributed by atoms with E-state index >= 15 is 0 Å². The number of rotatable bonds is 8. The fourth-order valence-corrected chi connectivity index (χ4v) is 1.65. The van der Waals surface area contributed by atoms with Crippen molar-refractivity contribution in [3.63, 3.8) is 0 Å². The van der Waals surface area contributed by atoms with Gasteiger partial charge >= 0.3 is 0 Å². The largest absolute Gasteiger partial charge is 0.309 e. The van der Waals surface area contributed by atoms with E-state index in [0.29, 0.717) is 6.04 Å². The van der Waals surface area contributed by atoms with Crippen LogP contribution in [0.1, 0.15) is 51.6 Å². The van der Waals surface area contributed by atoms with Crippen LogP contribution in [-0.4, -0.2) is 16.2 Å². The molecule has 0 spiro atoms. The summed E-state index contributed by atoms with van der Waals surface area (Å²) in [5.41, 5.74) is 1.16. The fourth-order valence-electron chi connectivity index (χ4n) is 1.65. The molecule has 3 heteroatoms. The van der Waals surface area contributed by atoms with Gasteiger partial charge < -0.3 is 5.32 Å². The van der Waals surface area contributed by atoms with Crippen molar-refractivity contribution < 1.29 is 0 Å². The zero-order valence-electron chi connectivity index (χ0n) is 9.92. The summed E-state index contributed by atoms with van der Waals surface area (Å²) in [5.74, 6) is 0. The van der Waals surface area contributed by atoms with Crippen LogP contribution < -0.4 is 5.32 Å². The van der Waals surface area contributed by atoms with Crippen LogP contribution in [0.3, 0.4) is 0 Å². The van der Waals surface area contributed by atoms with E-state index in [9.17, 15) is 0 Å². The van der Waals surface area contributed by atoms with Gasteiger partial charge in [0.15, 0.2) is 0 Å². The van der Waals surface area contributed by atoms with E-state index in [4.69, 9.17) is 0 Å². The Morgan fingerprint density at radius 2 is 2.27 bits per heavy atom. The van der Waals surface area contributed by atoms with Crippen LogP contribution in [0.25, 0.3) is 0 Å². The summed E-state index contributed by atoms with van der Waals surface area (Å²) < 4.78 is 0. The molecule has 1 heterocycles. The first-order valence-corrected chi connectivity index (χ1v) is 6.04. The molecule has 0 aliphatic rings. The Bertz CT molecular complexity index is 231. The topological polar surface area (TPSA) is 40.7 Å². The van der Waals surface area contributed by atoms with Crippen molar-refractivity contribution in [2.45, 2.75) is 58.5 Å². The Hall–Kier alpha value is -0.830. The van der Waals surface area contributed by atoms with Gasteiger partial charge in [0.1, 0.15) is 0 Å². The molecule has 0 saturated heterocycles. The van der Waals surface area contributed by atoms with Crippen molar-refractivity contribution in [1.29, 1.82) is 0 Å². The molecule has 0 aliphatic carbocycles. The highest BCUT2D eigenvalue weighted by Gasteiger charge is 2.01. The first-order chi connectivity index (χ1) is 7.33. The van der Waals surface area contributed by atoms with Crippen molar-refractivity contribution >= 4 is 0 Å². The van der Waals surface area contributed by atoms with Gasteiger partial charge in [0.05, 0.1) is 0 Å². The van der Waals surface area contributed by atoms with Gasteiger partial charge in [-0.25, -0.2) is 0 Å². The molecule has 0 amide bonds. The van der Waals surface area contributed by atoms with E-state index in [2.05, 4.69) is 29.4 Å². The summed E-state index contributed by atoms with van der Waals surface area (Å²) >= 11 is 0. The minimum atomic E-state index is 0.602. The molecule has 0 bridgehead atoms. The lowest BCUT2D eigenvalue weighted by Gasteiger charge is -2.12. The molecule has 1 aromatic rings. The molecular weight excluding hydrogens is 186 g/mol. The molecule has 0 saturated carbocycles. The minimum absolute atomic E-state index is 0.602. The van der Waals surface area contributed by atoms with Crippen molar-refractivity contribution in [2.75, 3.05) is 0 Å². The molecule has 2 N–H and O–H groups in total. The molecule has 0 aromatic carbocycles. The molecule has 86 valence electrons. The normalized spacial score (nSPS) is 12.9. The standard InChI is InChI=1S/C12H23N3/c1-3-4-5-6-7-11(2)13-10-12-8-9-14-15-12/h8-9,11,13H,3-7,10H2,1-2H3,(H,14,15). The second-order valence-corrected chi connectivity index (χ2v) is 4.21. The Labute approximate surface area is 92.7 Å². The molecule has 15 heavy (non-hydrogen) atoms. The van der Waals surface area contributed by atoms with Crippen LogP contribution in [0.15, 0.2) is 12.3 Å². The van der Waals surface area contributed by atoms with Crippen LogP contribution in [0.5, 0.6) is 0 Å². The molecule has 0 fully saturated rings. The number of nitrogens with zero attached hydrogens (tertiary/aromatic N) is 1. The summed E-state index contributed by atoms with van der Waals surface area (Å²) in [6.45, 7) is 5.40. The van der Waals surface area contributed by atoms with Crippen molar-refractivity contribution in [3.05, 3.63) is 18.0 Å². The third kappa shape index (κ3) is 5.57. The van der Waals surface area contributed by atoms with Crippen LogP contribution in [0, 0.1) is 0 Å². The van der Waals surface area contributed by atoms with Gasteiger partial charge in [0.2, 0.25) is 0 Å². The number of nitrogens with one attached hydrogen (secondary N) is 2. The zero-order valence-corrected chi connectivity index (χ0v) is 9.92. The first kappa shape index (κ1) is 12.2. The monoisotopic (exact) mass is 209 g/mol. The van der Waals surface area contributed by atoms with Crippen molar-refractivity contribution in [3.8, 4) is 0 Å². The van der Waals surface area contributed by atoms with E-state index in [1.165, 1.54) is 32.1 Å². The summed E-state index contributed by atoms with van der Waals surface area (Å²) in [4.78, 5) is 0. The van der Waals surface area contributed by atoms with Gasteiger partial charge in [-0.3, -0.25) is 5.10 Å². The van der Waals surface area contributed by atoms with Gasteiger partial charge in [-0.1, -0.05) is 32.6 Å². The quantitative estimate of drug-likeness (QED) is 0.646. The van der Waals surface area contributed by atoms with E-state index in [0.717, 1.165) is 12.2 Å². The zero-order chi connectivity index (χ0) is 10.9. The number of aromatic nitrogens is 2. The van der Waals surface area contributed by atoms with Gasteiger partial charge in [0, 0.05) is 24.5 Å². The van der Waals surface area contributed by atoms with Crippen LogP contribution in [0.2, 0.25) is 0 Å². The Balaban J connectivity index is 2.01. The number of aromatic amines is 1. The highest BCUT2D eigenvalue weighted by atomic mass is 15.1. The summed E-state index contributed by atoms with van der Waals surface area (Å²) in [7, 11) is 0. The van der Waals surface area contributed by atoms with Crippen LogP contribution in [0.4, 0.5) is 0 Å². The van der Waals surface area contributed by atoms with E-state index in [1.807, 2.05) is 6.07 Å². The smallest absolute Gasteiger partial charge is 0.0490 e. The predicted octanol–water partition coefficient (Wildman–Crippen LogP) is 2.86. The van der Waals surface area contributed by atoms with E-state index < -0.39 is 0 Å². The SMILES string of the molecule is CCCCCCC(C)NCc1ccn[nH]1. The third-order valence-electron chi connectivity index (χ3n) is 2.69. The van der Waals surface area contributed by atoms with E-state index in [-0.39, 0.29) is 0 Å². The maximum absolute atomic E-state index is 3.92. The molecule has 0 aliphatic heterocycles. The molecule has 1 aromatic heterocycles. The highest BCUT2D eigenvalue weighted by Crippen LogP contribution is 2.05. The average molecular weight is 209 g/mol. The maximum Gasteiger partial charge on any atom is 0.0490 e. The Morgan fingerprint density at radius 1 is 1.40 bits per heavy atom. The summed E-state index contributed by atoms with van der Waals surface area (Å²) in [6, 6.07) is 2.61. The minimum Gasteiger partial charge on any atom is -0.309 e.